The maximum atomic E-state index is 11.9. The number of rotatable bonds is 9. The van der Waals surface area contributed by atoms with Crippen molar-refractivity contribution in [2.24, 2.45) is 0 Å². The maximum absolute atomic E-state index is 11.9. The van der Waals surface area contributed by atoms with Gasteiger partial charge in [0.25, 0.3) is 10.1 Å². The van der Waals surface area contributed by atoms with Crippen molar-refractivity contribution in [3.63, 3.8) is 0 Å². The number of amides is 1. The van der Waals surface area contributed by atoms with Gasteiger partial charge in [-0.2, -0.15) is 8.42 Å². The molecule has 0 spiro atoms. The summed E-state index contributed by atoms with van der Waals surface area (Å²) in [6, 6.07) is 1.66. The van der Waals surface area contributed by atoms with E-state index < -0.39 is 33.9 Å². The molecule has 0 fully saturated rings. The maximum Gasteiger partial charge on any atom is 0.407 e. The summed E-state index contributed by atoms with van der Waals surface area (Å²) in [5.41, 5.74) is 0.158. The molecular weight excluding hydrogens is 406 g/mol. The molecule has 1 aromatic rings. The highest BCUT2D eigenvalue weighted by atomic mass is 32.2. The van der Waals surface area contributed by atoms with Gasteiger partial charge in [-0.05, 0) is 59.1 Å². The number of ether oxygens (including phenoxy) is 2. The molecule has 0 aliphatic rings. The lowest BCUT2D eigenvalue weighted by Crippen LogP contribution is -2.33. The van der Waals surface area contributed by atoms with Crippen molar-refractivity contribution in [1.82, 2.24) is 5.32 Å². The minimum absolute atomic E-state index is 0.255. The van der Waals surface area contributed by atoms with E-state index in [1.807, 2.05) is 0 Å². The second-order valence-corrected chi connectivity index (χ2v) is 9.92. The van der Waals surface area contributed by atoms with Crippen molar-refractivity contribution in [1.29, 1.82) is 0 Å². The van der Waals surface area contributed by atoms with Gasteiger partial charge in [0.2, 0.25) is 0 Å². The van der Waals surface area contributed by atoms with Crippen molar-refractivity contribution in [3.8, 4) is 0 Å². The SMILES string of the molecule is CCOC(=O)c1cc(C)c([C@@H](CCCNC(=O)OC(C)(C)C)OS(C)(=O)=O)s1. The van der Waals surface area contributed by atoms with Crippen LogP contribution in [0, 0.1) is 6.92 Å². The molecule has 1 heterocycles. The third-order valence-corrected chi connectivity index (χ3v) is 5.22. The fraction of sp³-hybridized carbons (Fsp3) is 0.667. The molecule has 0 bridgehead atoms. The third-order valence-electron chi connectivity index (χ3n) is 3.33. The molecule has 0 saturated carbocycles. The number of carbonyl (C=O) groups is 2. The zero-order chi connectivity index (χ0) is 21.5. The molecule has 160 valence electrons. The van der Waals surface area contributed by atoms with Crippen molar-refractivity contribution in [3.05, 3.63) is 21.4 Å². The van der Waals surface area contributed by atoms with Crippen molar-refractivity contribution in [2.75, 3.05) is 19.4 Å². The third kappa shape index (κ3) is 9.03. The molecule has 1 aromatic heterocycles. The molecule has 0 unspecified atom stereocenters. The van der Waals surface area contributed by atoms with Crippen LogP contribution in [0.2, 0.25) is 0 Å². The Morgan fingerprint density at radius 2 is 1.93 bits per heavy atom. The zero-order valence-corrected chi connectivity index (χ0v) is 18.8. The molecule has 28 heavy (non-hydrogen) atoms. The van der Waals surface area contributed by atoms with Gasteiger partial charge < -0.3 is 14.8 Å². The average molecular weight is 436 g/mol. The van der Waals surface area contributed by atoms with Crippen LogP contribution in [0.1, 0.15) is 66.8 Å². The standard InChI is InChI=1S/C18H29NO7S2/c1-7-24-16(20)14-11-12(2)15(27-14)13(26-28(6,22)23)9-8-10-19-17(21)25-18(3,4)5/h11,13H,7-10H2,1-6H3,(H,19,21)/t13-/m1/s1. The Bertz CT molecular complexity index is 778. The summed E-state index contributed by atoms with van der Waals surface area (Å²) < 4.78 is 38.7. The van der Waals surface area contributed by atoms with Gasteiger partial charge in [0.1, 0.15) is 16.6 Å². The van der Waals surface area contributed by atoms with Crippen LogP contribution < -0.4 is 5.32 Å². The molecular formula is C18H29NO7S2. The van der Waals surface area contributed by atoms with Crippen LogP contribution >= 0.6 is 11.3 Å². The number of esters is 1. The van der Waals surface area contributed by atoms with E-state index >= 15 is 0 Å². The van der Waals surface area contributed by atoms with E-state index in [4.69, 9.17) is 13.7 Å². The first-order valence-electron chi connectivity index (χ1n) is 8.95. The summed E-state index contributed by atoms with van der Waals surface area (Å²) in [6.07, 6.45) is 0.500. The largest absolute Gasteiger partial charge is 0.462 e. The van der Waals surface area contributed by atoms with Gasteiger partial charge in [-0.25, -0.2) is 9.59 Å². The smallest absolute Gasteiger partial charge is 0.407 e. The number of hydrogen-bond donors (Lipinski definition) is 1. The van der Waals surface area contributed by atoms with Crippen LogP contribution in [-0.2, 0) is 23.8 Å². The van der Waals surface area contributed by atoms with Gasteiger partial charge in [-0.3, -0.25) is 4.18 Å². The summed E-state index contributed by atoms with van der Waals surface area (Å²) in [5.74, 6) is -0.452. The molecule has 1 atom stereocenters. The minimum Gasteiger partial charge on any atom is -0.462 e. The predicted octanol–water partition coefficient (Wildman–Crippen LogP) is 3.56. The van der Waals surface area contributed by atoms with Gasteiger partial charge >= 0.3 is 12.1 Å². The molecule has 1 N–H and O–H groups in total. The minimum atomic E-state index is -3.71. The average Bonchev–Trinajstić information content (AvgIpc) is 2.90. The monoisotopic (exact) mass is 435 g/mol. The van der Waals surface area contributed by atoms with E-state index in [2.05, 4.69) is 5.32 Å². The number of nitrogens with one attached hydrogen (secondary N) is 1. The van der Waals surface area contributed by atoms with Crippen LogP contribution in [0.4, 0.5) is 4.79 Å². The van der Waals surface area contributed by atoms with Gasteiger partial charge in [0.15, 0.2) is 0 Å². The Balaban J connectivity index is 2.80. The first-order valence-corrected chi connectivity index (χ1v) is 11.6. The lowest BCUT2D eigenvalue weighted by atomic mass is 10.1. The number of hydrogen-bond acceptors (Lipinski definition) is 8. The first kappa shape index (κ1) is 24.4. The van der Waals surface area contributed by atoms with Crippen LogP contribution in [0.3, 0.4) is 0 Å². The number of aryl methyl sites for hydroxylation is 1. The van der Waals surface area contributed by atoms with Crippen LogP contribution in [0.5, 0.6) is 0 Å². The second-order valence-electron chi connectivity index (χ2n) is 7.24. The topological polar surface area (TPSA) is 108 Å². The first-order chi connectivity index (χ1) is 12.8. The quantitative estimate of drug-likeness (QED) is 0.359. The summed E-state index contributed by atoms with van der Waals surface area (Å²) in [6.45, 7) is 9.35. The van der Waals surface area contributed by atoms with Gasteiger partial charge in [-0.1, -0.05) is 0 Å². The molecule has 1 amide bonds. The Morgan fingerprint density at radius 3 is 2.46 bits per heavy atom. The molecule has 0 radical (unpaired) electrons. The highest BCUT2D eigenvalue weighted by Crippen LogP contribution is 2.34. The Morgan fingerprint density at radius 1 is 1.29 bits per heavy atom. The predicted molar refractivity (Wildman–Crippen MR) is 107 cm³/mol. The van der Waals surface area contributed by atoms with E-state index in [1.165, 1.54) is 0 Å². The fourth-order valence-electron chi connectivity index (χ4n) is 2.34. The summed E-state index contributed by atoms with van der Waals surface area (Å²) >= 11 is 1.15. The highest BCUT2D eigenvalue weighted by Gasteiger charge is 2.24. The Hall–Kier alpha value is -1.65. The lowest BCUT2D eigenvalue weighted by molar-refractivity contribution is 0.0517. The molecule has 1 rings (SSSR count). The van der Waals surface area contributed by atoms with E-state index in [0.717, 1.165) is 23.2 Å². The molecule has 8 nitrogen and oxygen atoms in total. The summed E-state index contributed by atoms with van der Waals surface area (Å²) in [4.78, 5) is 24.7. The van der Waals surface area contributed by atoms with E-state index in [1.54, 1.807) is 40.7 Å². The summed E-state index contributed by atoms with van der Waals surface area (Å²) in [5, 5.41) is 2.63. The number of carbonyl (C=O) groups excluding carboxylic acids is 2. The Labute approximate surface area is 170 Å². The van der Waals surface area contributed by atoms with E-state index in [-0.39, 0.29) is 6.61 Å². The normalized spacial score (nSPS) is 13.1. The van der Waals surface area contributed by atoms with Crippen LogP contribution in [0.15, 0.2) is 6.07 Å². The Kier molecular flexibility index (Phi) is 8.90. The van der Waals surface area contributed by atoms with E-state index in [0.29, 0.717) is 29.1 Å². The lowest BCUT2D eigenvalue weighted by Gasteiger charge is -2.20. The molecule has 0 aromatic carbocycles. The van der Waals surface area contributed by atoms with Crippen molar-refractivity contribution >= 4 is 33.5 Å². The van der Waals surface area contributed by atoms with Gasteiger partial charge in [0, 0.05) is 11.4 Å². The second kappa shape index (κ2) is 10.2. The molecule has 0 aliphatic heterocycles. The van der Waals surface area contributed by atoms with E-state index in [9.17, 15) is 18.0 Å². The zero-order valence-electron chi connectivity index (χ0n) is 17.2. The van der Waals surface area contributed by atoms with Crippen LogP contribution in [0.25, 0.3) is 0 Å². The van der Waals surface area contributed by atoms with Gasteiger partial charge in [-0.15, -0.1) is 11.3 Å². The number of alkyl carbamates (subject to hydrolysis) is 1. The molecule has 10 heteroatoms. The van der Waals surface area contributed by atoms with Crippen molar-refractivity contribution in [2.45, 2.75) is 59.2 Å². The summed E-state index contributed by atoms with van der Waals surface area (Å²) in [7, 11) is -3.71. The highest BCUT2D eigenvalue weighted by molar-refractivity contribution is 7.86. The van der Waals surface area contributed by atoms with Gasteiger partial charge in [0.05, 0.1) is 12.9 Å². The molecule has 0 saturated heterocycles. The van der Waals surface area contributed by atoms with Crippen LogP contribution in [-0.4, -0.2) is 45.5 Å². The fourth-order valence-corrected chi connectivity index (χ4v) is 4.15. The number of thiophene rings is 1. The molecule has 0 aliphatic carbocycles. The van der Waals surface area contributed by atoms with Crippen molar-refractivity contribution < 1.29 is 31.7 Å².